The van der Waals surface area contributed by atoms with Crippen LogP contribution in [-0.4, -0.2) is 84.6 Å². The van der Waals surface area contributed by atoms with Crippen molar-refractivity contribution in [3.8, 4) is 22.8 Å². The number of fused-ring (bicyclic) bond motifs is 1. The van der Waals surface area contributed by atoms with E-state index in [2.05, 4.69) is 9.97 Å². The molecule has 1 amide bonds. The van der Waals surface area contributed by atoms with Gasteiger partial charge in [-0.1, -0.05) is 6.92 Å². The SMILES string of the molecule is COc1ccc(S(=O)(=O)N(C)C[C@H]2Oc3ncc(-c4ccncc4)cc3C(=O)N([C@H](C)CO)C[C@@H]2C)cc1. The average Bonchev–Trinajstić information content (AvgIpc) is 2.94. The quantitative estimate of drug-likeness (QED) is 0.463. The fourth-order valence-corrected chi connectivity index (χ4v) is 5.48. The zero-order chi connectivity index (χ0) is 27.4. The van der Waals surface area contributed by atoms with Crippen LogP contribution in [0.3, 0.4) is 0 Å². The summed E-state index contributed by atoms with van der Waals surface area (Å²) in [5, 5.41) is 9.87. The Bertz CT molecular complexity index is 1370. The summed E-state index contributed by atoms with van der Waals surface area (Å²) in [7, 11) is -0.813. The van der Waals surface area contributed by atoms with E-state index in [1.807, 2.05) is 19.1 Å². The minimum absolute atomic E-state index is 0.0261. The first-order valence-corrected chi connectivity index (χ1v) is 13.7. The Labute approximate surface area is 222 Å². The highest BCUT2D eigenvalue weighted by Crippen LogP contribution is 2.31. The number of likely N-dealkylation sites (N-methyl/N-ethyl adjacent to an activating group) is 1. The topological polar surface area (TPSA) is 122 Å². The van der Waals surface area contributed by atoms with Crippen LogP contribution in [0.4, 0.5) is 0 Å². The maximum atomic E-state index is 13.6. The molecule has 0 saturated carbocycles. The third-order valence-electron chi connectivity index (χ3n) is 6.74. The molecule has 1 aliphatic heterocycles. The molecule has 3 atom stereocenters. The first kappa shape index (κ1) is 27.5. The molecule has 0 radical (unpaired) electrons. The molecule has 38 heavy (non-hydrogen) atoms. The predicted molar refractivity (Wildman–Crippen MR) is 141 cm³/mol. The lowest BCUT2D eigenvalue weighted by Crippen LogP contribution is -2.50. The maximum Gasteiger partial charge on any atom is 0.259 e. The van der Waals surface area contributed by atoms with E-state index in [0.29, 0.717) is 11.3 Å². The molecule has 2 aromatic heterocycles. The van der Waals surface area contributed by atoms with E-state index >= 15 is 0 Å². The smallest absolute Gasteiger partial charge is 0.259 e. The highest BCUT2D eigenvalue weighted by molar-refractivity contribution is 7.89. The molecule has 1 N–H and O–H groups in total. The molecule has 0 bridgehead atoms. The summed E-state index contributed by atoms with van der Waals surface area (Å²) in [5.41, 5.74) is 1.79. The van der Waals surface area contributed by atoms with E-state index in [4.69, 9.17) is 9.47 Å². The van der Waals surface area contributed by atoms with Gasteiger partial charge in [0.1, 0.15) is 17.4 Å². The van der Waals surface area contributed by atoms with Gasteiger partial charge in [0.15, 0.2) is 0 Å². The number of aliphatic hydroxyl groups excluding tert-OH is 1. The number of carbonyl (C=O) groups excluding carboxylic acids is 1. The summed E-state index contributed by atoms with van der Waals surface area (Å²) in [6, 6.07) is 11.1. The number of ether oxygens (including phenoxy) is 2. The van der Waals surface area contributed by atoms with Gasteiger partial charge in [0.05, 0.1) is 31.2 Å². The lowest BCUT2D eigenvalue weighted by atomic mass is 9.99. The number of rotatable bonds is 8. The Hall–Kier alpha value is -3.54. The van der Waals surface area contributed by atoms with Crippen molar-refractivity contribution < 1.29 is 27.8 Å². The number of pyridine rings is 2. The van der Waals surface area contributed by atoms with Crippen molar-refractivity contribution in [2.75, 3.05) is 33.9 Å². The fourth-order valence-electron chi connectivity index (χ4n) is 4.30. The van der Waals surface area contributed by atoms with Gasteiger partial charge in [-0.2, -0.15) is 4.31 Å². The summed E-state index contributed by atoms with van der Waals surface area (Å²) >= 11 is 0. The van der Waals surface area contributed by atoms with Gasteiger partial charge >= 0.3 is 0 Å². The number of carbonyl (C=O) groups is 1. The van der Waals surface area contributed by atoms with Gasteiger partial charge in [0.2, 0.25) is 15.9 Å². The number of aliphatic hydroxyl groups is 1. The van der Waals surface area contributed by atoms with Gasteiger partial charge in [-0.15, -0.1) is 0 Å². The second-order valence-corrected chi connectivity index (χ2v) is 11.4. The molecule has 1 aliphatic rings. The molecule has 0 saturated heterocycles. The Morgan fingerprint density at radius 1 is 1.18 bits per heavy atom. The number of amides is 1. The predicted octanol–water partition coefficient (Wildman–Crippen LogP) is 2.69. The van der Waals surface area contributed by atoms with E-state index < -0.39 is 22.2 Å². The molecule has 3 aromatic rings. The van der Waals surface area contributed by atoms with Gasteiger partial charge in [-0.25, -0.2) is 13.4 Å². The van der Waals surface area contributed by atoms with Gasteiger partial charge in [-0.05, 0) is 55.0 Å². The molecule has 4 rings (SSSR count). The molecule has 0 unspecified atom stereocenters. The number of hydrogen-bond acceptors (Lipinski definition) is 8. The highest BCUT2D eigenvalue weighted by Gasteiger charge is 2.36. The maximum absolute atomic E-state index is 13.6. The zero-order valence-electron chi connectivity index (χ0n) is 21.8. The number of benzene rings is 1. The number of sulfonamides is 1. The van der Waals surface area contributed by atoms with Gasteiger partial charge < -0.3 is 19.5 Å². The van der Waals surface area contributed by atoms with Crippen LogP contribution in [0.5, 0.6) is 11.6 Å². The summed E-state index contributed by atoms with van der Waals surface area (Å²) in [5.74, 6) is 0.0978. The van der Waals surface area contributed by atoms with Crippen molar-refractivity contribution >= 4 is 15.9 Å². The summed E-state index contributed by atoms with van der Waals surface area (Å²) < 4.78 is 39.2. The molecule has 0 fully saturated rings. The molecule has 10 nitrogen and oxygen atoms in total. The molecule has 11 heteroatoms. The second kappa shape index (κ2) is 11.5. The normalized spacial score (nSPS) is 18.8. The standard InChI is InChI=1S/C27H32N4O6S/c1-18-15-31(19(2)17-32)27(33)24-13-21(20-9-11-28-12-10-20)14-29-26(24)37-25(18)16-30(3)38(34,35)23-7-5-22(36-4)6-8-23/h5-14,18-19,25,32H,15-17H2,1-4H3/t18-,19+,25+/m0/s1. The Morgan fingerprint density at radius 2 is 1.87 bits per heavy atom. The lowest BCUT2D eigenvalue weighted by Gasteiger charge is -2.37. The molecule has 202 valence electrons. The van der Waals surface area contributed by atoms with E-state index in [-0.39, 0.29) is 47.9 Å². The first-order chi connectivity index (χ1) is 18.1. The van der Waals surface area contributed by atoms with Crippen LogP contribution >= 0.6 is 0 Å². The summed E-state index contributed by atoms with van der Waals surface area (Å²) in [6.07, 6.45) is 4.30. The van der Waals surface area contributed by atoms with Crippen molar-refractivity contribution in [2.45, 2.75) is 30.9 Å². The number of nitrogens with zero attached hydrogens (tertiary/aromatic N) is 4. The molecule has 3 heterocycles. The summed E-state index contributed by atoms with van der Waals surface area (Å²) in [4.78, 5) is 23.8. The van der Waals surface area contributed by atoms with Crippen LogP contribution in [0.1, 0.15) is 24.2 Å². The third-order valence-corrected chi connectivity index (χ3v) is 8.58. The minimum atomic E-state index is -3.82. The monoisotopic (exact) mass is 540 g/mol. The fraction of sp³-hybridized carbons (Fsp3) is 0.370. The van der Waals surface area contributed by atoms with E-state index in [1.165, 1.54) is 30.6 Å². The Kier molecular flexibility index (Phi) is 8.29. The second-order valence-electron chi connectivity index (χ2n) is 9.40. The van der Waals surface area contributed by atoms with Crippen LogP contribution in [0, 0.1) is 5.92 Å². The molecule has 1 aromatic carbocycles. The van der Waals surface area contributed by atoms with Crippen molar-refractivity contribution in [3.63, 3.8) is 0 Å². The van der Waals surface area contributed by atoms with Crippen molar-refractivity contribution in [3.05, 3.63) is 66.6 Å². The van der Waals surface area contributed by atoms with Gasteiger partial charge in [0, 0.05) is 43.7 Å². The van der Waals surface area contributed by atoms with Crippen molar-refractivity contribution in [1.29, 1.82) is 0 Å². The number of aromatic nitrogens is 2. The van der Waals surface area contributed by atoms with E-state index in [9.17, 15) is 18.3 Å². The van der Waals surface area contributed by atoms with Crippen LogP contribution in [0.2, 0.25) is 0 Å². The van der Waals surface area contributed by atoms with Gasteiger partial charge in [-0.3, -0.25) is 9.78 Å². The molecular weight excluding hydrogens is 508 g/mol. The zero-order valence-corrected chi connectivity index (χ0v) is 22.6. The average molecular weight is 541 g/mol. The van der Waals surface area contributed by atoms with Crippen molar-refractivity contribution in [2.24, 2.45) is 5.92 Å². The van der Waals surface area contributed by atoms with Crippen molar-refractivity contribution in [1.82, 2.24) is 19.2 Å². The van der Waals surface area contributed by atoms with Crippen LogP contribution in [-0.2, 0) is 10.0 Å². The van der Waals surface area contributed by atoms with Gasteiger partial charge in [0.25, 0.3) is 5.91 Å². The van der Waals surface area contributed by atoms with E-state index in [1.54, 1.807) is 48.6 Å². The highest BCUT2D eigenvalue weighted by atomic mass is 32.2. The lowest BCUT2D eigenvalue weighted by molar-refractivity contribution is 0.0373. The van der Waals surface area contributed by atoms with Crippen LogP contribution < -0.4 is 9.47 Å². The minimum Gasteiger partial charge on any atom is -0.497 e. The first-order valence-electron chi connectivity index (χ1n) is 12.2. The number of methoxy groups -OCH3 is 1. The largest absolute Gasteiger partial charge is 0.497 e. The molecule has 0 spiro atoms. The Balaban J connectivity index is 1.68. The van der Waals surface area contributed by atoms with Crippen LogP contribution in [0.15, 0.2) is 66.0 Å². The molecular formula is C27H32N4O6S. The molecule has 0 aliphatic carbocycles. The van der Waals surface area contributed by atoms with Crippen LogP contribution in [0.25, 0.3) is 11.1 Å². The number of hydrogen-bond donors (Lipinski definition) is 1. The Morgan fingerprint density at radius 3 is 2.50 bits per heavy atom. The summed E-state index contributed by atoms with van der Waals surface area (Å²) in [6.45, 7) is 3.72. The van der Waals surface area contributed by atoms with E-state index in [0.717, 1.165) is 5.56 Å². The third kappa shape index (κ3) is 5.64.